The van der Waals surface area contributed by atoms with Gasteiger partial charge in [0.15, 0.2) is 0 Å². The molecule has 20 heavy (non-hydrogen) atoms. The molecule has 6 heteroatoms. The predicted molar refractivity (Wildman–Crippen MR) is 82.3 cm³/mol. The van der Waals surface area contributed by atoms with Crippen molar-refractivity contribution in [1.29, 1.82) is 0 Å². The molecule has 0 aliphatic carbocycles. The molecule has 2 N–H and O–H groups in total. The minimum Gasteiger partial charge on any atom is -0.381 e. The summed E-state index contributed by atoms with van der Waals surface area (Å²) in [5, 5.41) is 0. The fourth-order valence-corrected chi connectivity index (χ4v) is 3.78. The number of nitrogens with two attached hydrogens (primary N) is 1. The topological polar surface area (TPSA) is 55.6 Å². The number of carbonyl (C=O) groups excluding carboxylic acids is 1. The van der Waals surface area contributed by atoms with Crippen molar-refractivity contribution >= 4 is 28.8 Å². The van der Waals surface area contributed by atoms with Crippen LogP contribution in [-0.2, 0) is 9.53 Å². The smallest absolute Gasteiger partial charge is 0.230 e. The lowest BCUT2D eigenvalue weighted by Gasteiger charge is -2.39. The second-order valence-electron chi connectivity index (χ2n) is 5.17. The zero-order valence-corrected chi connectivity index (χ0v) is 13.4. The number of halogens is 1. The lowest BCUT2D eigenvalue weighted by Crippen LogP contribution is -2.52. The number of nitrogens with zero attached hydrogens (tertiary/aromatic N) is 1. The van der Waals surface area contributed by atoms with Gasteiger partial charge in [-0.15, -0.1) is 11.3 Å². The van der Waals surface area contributed by atoms with E-state index in [0.717, 1.165) is 17.7 Å². The largest absolute Gasteiger partial charge is 0.381 e. The molecule has 0 bridgehead atoms. The molecule has 0 saturated carbocycles. The van der Waals surface area contributed by atoms with Gasteiger partial charge in [0.05, 0.1) is 16.4 Å². The van der Waals surface area contributed by atoms with Gasteiger partial charge in [0.2, 0.25) is 5.91 Å². The number of carbonyl (C=O) groups is 1. The van der Waals surface area contributed by atoms with Gasteiger partial charge < -0.3 is 15.4 Å². The summed E-state index contributed by atoms with van der Waals surface area (Å²) in [4.78, 5) is 15.6. The Bertz CT molecular complexity index is 466. The third-order valence-corrected chi connectivity index (χ3v) is 5.36. The fourth-order valence-electron chi connectivity index (χ4n) is 2.67. The molecule has 3 atom stereocenters. The number of rotatable bonds is 4. The minimum absolute atomic E-state index is 0.0686. The maximum atomic E-state index is 12.7. The van der Waals surface area contributed by atoms with Gasteiger partial charge in [-0.2, -0.15) is 0 Å². The van der Waals surface area contributed by atoms with Gasteiger partial charge in [-0.1, -0.05) is 11.6 Å². The van der Waals surface area contributed by atoms with Gasteiger partial charge >= 0.3 is 0 Å². The zero-order chi connectivity index (χ0) is 14.7. The SMILES string of the molecule is CO[C@@H]1CCN(C(=O)[C@@H](C)c2ccc(Cl)s2)[C@H](CN)C1. The summed E-state index contributed by atoms with van der Waals surface area (Å²) < 4.78 is 6.11. The predicted octanol–water partition coefficient (Wildman–Crippen LogP) is 2.47. The molecular formula is C14H21ClN2O2S. The molecule has 0 radical (unpaired) electrons. The van der Waals surface area contributed by atoms with Gasteiger partial charge in [0.1, 0.15) is 0 Å². The number of piperidine rings is 1. The van der Waals surface area contributed by atoms with Crippen molar-refractivity contribution in [3.8, 4) is 0 Å². The van der Waals surface area contributed by atoms with Crippen LogP contribution in [0.4, 0.5) is 0 Å². The van der Waals surface area contributed by atoms with Crippen LogP contribution in [0.15, 0.2) is 12.1 Å². The van der Waals surface area contributed by atoms with Crippen LogP contribution in [0.5, 0.6) is 0 Å². The molecule has 0 unspecified atom stereocenters. The molecular weight excluding hydrogens is 296 g/mol. The highest BCUT2D eigenvalue weighted by molar-refractivity contribution is 7.16. The van der Waals surface area contributed by atoms with Crippen LogP contribution in [0, 0.1) is 0 Å². The third-order valence-electron chi connectivity index (χ3n) is 3.95. The van der Waals surface area contributed by atoms with E-state index in [4.69, 9.17) is 22.1 Å². The third kappa shape index (κ3) is 3.34. The van der Waals surface area contributed by atoms with Crippen LogP contribution in [0.2, 0.25) is 4.34 Å². The Hall–Kier alpha value is -0.620. The maximum absolute atomic E-state index is 12.7. The van der Waals surface area contributed by atoms with E-state index >= 15 is 0 Å². The first-order valence-corrected chi connectivity index (χ1v) is 8.04. The van der Waals surface area contributed by atoms with Crippen LogP contribution in [0.1, 0.15) is 30.6 Å². The van der Waals surface area contributed by atoms with E-state index in [1.165, 1.54) is 11.3 Å². The van der Waals surface area contributed by atoms with E-state index in [1.807, 2.05) is 24.0 Å². The minimum atomic E-state index is -0.166. The number of hydrogen-bond acceptors (Lipinski definition) is 4. The molecule has 2 heterocycles. The van der Waals surface area contributed by atoms with Gasteiger partial charge in [0.25, 0.3) is 0 Å². The Morgan fingerprint density at radius 3 is 2.95 bits per heavy atom. The van der Waals surface area contributed by atoms with Gasteiger partial charge in [0, 0.05) is 31.1 Å². The van der Waals surface area contributed by atoms with E-state index in [1.54, 1.807) is 7.11 Å². The lowest BCUT2D eigenvalue weighted by molar-refractivity contribution is -0.138. The van der Waals surface area contributed by atoms with Gasteiger partial charge in [-0.05, 0) is 31.9 Å². The van der Waals surface area contributed by atoms with E-state index in [9.17, 15) is 4.79 Å². The number of amides is 1. The van der Waals surface area contributed by atoms with E-state index in [0.29, 0.717) is 17.4 Å². The van der Waals surface area contributed by atoms with Crippen molar-refractivity contribution in [2.45, 2.75) is 37.8 Å². The van der Waals surface area contributed by atoms with Gasteiger partial charge in [-0.25, -0.2) is 0 Å². The second kappa shape index (κ2) is 6.89. The quantitative estimate of drug-likeness (QED) is 0.928. The molecule has 0 spiro atoms. The Morgan fingerprint density at radius 1 is 1.65 bits per heavy atom. The Kier molecular flexibility index (Phi) is 5.43. The summed E-state index contributed by atoms with van der Waals surface area (Å²) in [6.45, 7) is 3.12. The molecule has 1 aromatic rings. The molecule has 1 aliphatic rings. The van der Waals surface area contributed by atoms with Crippen molar-refractivity contribution in [2.24, 2.45) is 5.73 Å². The van der Waals surface area contributed by atoms with Crippen molar-refractivity contribution in [3.05, 3.63) is 21.3 Å². The summed E-state index contributed by atoms with van der Waals surface area (Å²) >= 11 is 7.41. The molecule has 1 saturated heterocycles. The Morgan fingerprint density at radius 2 is 2.40 bits per heavy atom. The summed E-state index contributed by atoms with van der Waals surface area (Å²) in [5.74, 6) is -0.0332. The first-order chi connectivity index (χ1) is 9.56. The molecule has 1 aliphatic heterocycles. The van der Waals surface area contributed by atoms with Crippen molar-refractivity contribution < 1.29 is 9.53 Å². The van der Waals surface area contributed by atoms with Crippen molar-refractivity contribution in [2.75, 3.05) is 20.2 Å². The van der Waals surface area contributed by atoms with Crippen LogP contribution in [-0.4, -0.2) is 43.2 Å². The maximum Gasteiger partial charge on any atom is 0.230 e. The summed E-state index contributed by atoms with van der Waals surface area (Å²) in [7, 11) is 1.71. The summed E-state index contributed by atoms with van der Waals surface area (Å²) in [6, 6.07) is 3.83. The first kappa shape index (κ1) is 15.8. The van der Waals surface area contributed by atoms with Crippen LogP contribution in [0.25, 0.3) is 0 Å². The lowest BCUT2D eigenvalue weighted by atomic mass is 9.97. The highest BCUT2D eigenvalue weighted by Crippen LogP contribution is 2.31. The zero-order valence-electron chi connectivity index (χ0n) is 11.8. The molecule has 1 aromatic heterocycles. The number of ether oxygens (including phenoxy) is 1. The average molecular weight is 317 g/mol. The van der Waals surface area contributed by atoms with Gasteiger partial charge in [-0.3, -0.25) is 4.79 Å². The number of thiophene rings is 1. The molecule has 1 fully saturated rings. The van der Waals surface area contributed by atoms with E-state index in [2.05, 4.69) is 0 Å². The number of likely N-dealkylation sites (tertiary alicyclic amines) is 1. The monoisotopic (exact) mass is 316 g/mol. The Labute approximate surface area is 128 Å². The molecule has 112 valence electrons. The van der Waals surface area contributed by atoms with E-state index < -0.39 is 0 Å². The Balaban J connectivity index is 2.07. The normalized spacial score (nSPS) is 24.7. The number of methoxy groups -OCH3 is 1. The fraction of sp³-hybridized carbons (Fsp3) is 0.643. The van der Waals surface area contributed by atoms with Crippen molar-refractivity contribution in [3.63, 3.8) is 0 Å². The summed E-state index contributed by atoms with van der Waals surface area (Å²) in [5.41, 5.74) is 5.82. The molecule has 1 amide bonds. The molecule has 2 rings (SSSR count). The average Bonchev–Trinajstić information content (AvgIpc) is 2.91. The summed E-state index contributed by atoms with van der Waals surface area (Å²) in [6.07, 6.45) is 1.90. The molecule has 4 nitrogen and oxygen atoms in total. The highest BCUT2D eigenvalue weighted by atomic mass is 35.5. The molecule has 0 aromatic carbocycles. The van der Waals surface area contributed by atoms with Crippen molar-refractivity contribution in [1.82, 2.24) is 4.90 Å². The number of hydrogen-bond donors (Lipinski definition) is 1. The van der Waals surface area contributed by atoms with Crippen LogP contribution < -0.4 is 5.73 Å². The second-order valence-corrected chi connectivity index (χ2v) is 6.91. The van der Waals surface area contributed by atoms with Crippen LogP contribution >= 0.6 is 22.9 Å². The van der Waals surface area contributed by atoms with E-state index in [-0.39, 0.29) is 24.0 Å². The van der Waals surface area contributed by atoms with Crippen LogP contribution in [0.3, 0.4) is 0 Å². The first-order valence-electron chi connectivity index (χ1n) is 6.85. The standard InChI is InChI=1S/C14H21ClN2O2S/c1-9(12-3-4-13(15)20-12)14(18)17-6-5-11(19-2)7-10(17)8-16/h3-4,9-11H,5-8,16H2,1-2H3/t9-,10-,11+/m0/s1. The highest BCUT2D eigenvalue weighted by Gasteiger charge is 2.33.